The van der Waals surface area contributed by atoms with Crippen molar-refractivity contribution in [2.75, 3.05) is 0 Å². The fourth-order valence-corrected chi connectivity index (χ4v) is 6.18. The molecular formula is C42H26O. The summed E-state index contributed by atoms with van der Waals surface area (Å²) in [5, 5.41) is 4.21. The Morgan fingerprint density at radius 2 is 1.00 bits per heavy atom. The highest BCUT2D eigenvalue weighted by molar-refractivity contribution is 6.23. The van der Waals surface area contributed by atoms with Gasteiger partial charge >= 0.3 is 0 Å². The van der Waals surface area contributed by atoms with Gasteiger partial charge in [0.1, 0.15) is 11.2 Å². The van der Waals surface area contributed by atoms with E-state index < -0.39 is 42.3 Å². The summed E-state index contributed by atoms with van der Waals surface area (Å²) in [6, 6.07) is 21.6. The summed E-state index contributed by atoms with van der Waals surface area (Å²) < 4.78 is 110. The summed E-state index contributed by atoms with van der Waals surface area (Å²) >= 11 is 0. The lowest BCUT2D eigenvalue weighted by atomic mass is 9.84. The predicted molar refractivity (Wildman–Crippen MR) is 183 cm³/mol. The van der Waals surface area contributed by atoms with Crippen molar-refractivity contribution in [2.24, 2.45) is 0 Å². The van der Waals surface area contributed by atoms with Crippen LogP contribution in [0.4, 0.5) is 0 Å². The number of benzene rings is 8. The predicted octanol–water partition coefficient (Wildman–Crippen LogP) is 12.0. The molecule has 1 heteroatoms. The van der Waals surface area contributed by atoms with Crippen molar-refractivity contribution >= 4 is 54.3 Å². The van der Waals surface area contributed by atoms with Crippen molar-refractivity contribution in [2.45, 2.75) is 0 Å². The first kappa shape index (κ1) is 15.0. The summed E-state index contributed by atoms with van der Waals surface area (Å²) in [6.07, 6.45) is 0. The average molecular weight is 559 g/mol. The van der Waals surface area contributed by atoms with Crippen LogP contribution < -0.4 is 0 Å². The molecule has 0 saturated heterocycles. The number of furan rings is 1. The lowest BCUT2D eigenvalue weighted by molar-refractivity contribution is 0.669. The van der Waals surface area contributed by atoms with Crippen molar-refractivity contribution < 1.29 is 20.9 Å². The summed E-state index contributed by atoms with van der Waals surface area (Å²) in [5.74, 6) is 0. The Morgan fingerprint density at radius 1 is 0.419 bits per heavy atom. The maximum Gasteiger partial charge on any atom is 0.135 e. The molecule has 0 saturated carbocycles. The Hall–Kier alpha value is -5.66. The van der Waals surface area contributed by atoms with Crippen LogP contribution in [-0.4, -0.2) is 0 Å². The lowest BCUT2D eigenvalue weighted by Gasteiger charge is -2.19. The van der Waals surface area contributed by atoms with E-state index in [0.717, 1.165) is 21.7 Å². The van der Waals surface area contributed by atoms with Gasteiger partial charge in [0.05, 0.1) is 16.4 Å². The molecular weight excluding hydrogens is 520 g/mol. The maximum absolute atomic E-state index is 9.58. The molecule has 0 aliphatic rings. The molecule has 9 aromatic rings. The molecule has 1 aromatic heterocycles. The minimum Gasteiger partial charge on any atom is -0.456 e. The third-order valence-corrected chi connectivity index (χ3v) is 7.99. The molecule has 9 rings (SSSR count). The molecule has 0 aliphatic carbocycles. The fraction of sp³-hybridized carbons (Fsp3) is 0. The van der Waals surface area contributed by atoms with Gasteiger partial charge in [-0.2, -0.15) is 0 Å². The van der Waals surface area contributed by atoms with Crippen molar-refractivity contribution in [1.29, 1.82) is 0 Å². The number of hydrogen-bond acceptors (Lipinski definition) is 1. The molecule has 1 nitrogen and oxygen atoms in total. The SMILES string of the molecule is [2H]c1c([2H])c([2H])c(-c2cc(-c3c4ccccc4c(-c4c([2H])c([2H])c5oc6c([2H])c([2H])c([2H])c([2H])c6c5c4[2H])c4ccccc34)cc3ccccc23)c([2H])c1[2H]. The molecule has 0 bridgehead atoms. The van der Waals surface area contributed by atoms with Crippen LogP contribution in [0.25, 0.3) is 87.6 Å². The summed E-state index contributed by atoms with van der Waals surface area (Å²) in [7, 11) is 0. The Balaban J connectivity index is 1.43. The molecule has 200 valence electrons. The molecule has 0 aliphatic heterocycles. The van der Waals surface area contributed by atoms with E-state index in [4.69, 9.17) is 18.1 Å². The van der Waals surface area contributed by atoms with Gasteiger partial charge in [-0.05, 0) is 96.0 Å². The minimum absolute atomic E-state index is 0.0213. The first-order valence-corrected chi connectivity index (χ1v) is 13.8. The van der Waals surface area contributed by atoms with Crippen LogP contribution in [0.3, 0.4) is 0 Å². The van der Waals surface area contributed by atoms with Crippen LogP contribution >= 0.6 is 0 Å². The van der Waals surface area contributed by atoms with Crippen LogP contribution in [0, 0.1) is 0 Å². The van der Waals surface area contributed by atoms with Gasteiger partial charge in [0, 0.05) is 10.8 Å². The fourth-order valence-electron chi connectivity index (χ4n) is 6.18. The topological polar surface area (TPSA) is 13.1 Å². The highest BCUT2D eigenvalue weighted by Gasteiger charge is 2.19. The van der Waals surface area contributed by atoms with E-state index in [2.05, 4.69) is 0 Å². The third kappa shape index (κ3) is 3.72. The minimum atomic E-state index is -0.503. The zero-order valence-electron chi connectivity index (χ0n) is 34.5. The van der Waals surface area contributed by atoms with Gasteiger partial charge in [-0.1, -0.05) is 127 Å². The van der Waals surface area contributed by atoms with Gasteiger partial charge in [0.15, 0.2) is 0 Å². The zero-order chi connectivity index (χ0) is 38.8. The molecule has 43 heavy (non-hydrogen) atoms. The summed E-state index contributed by atoms with van der Waals surface area (Å²) in [6.45, 7) is 0. The van der Waals surface area contributed by atoms with E-state index in [9.17, 15) is 2.74 Å². The number of hydrogen-bond donors (Lipinski definition) is 0. The van der Waals surface area contributed by atoms with Crippen LogP contribution in [-0.2, 0) is 0 Å². The Bertz CT molecular complexity index is 3100. The molecule has 0 fully saturated rings. The molecule has 1 heterocycles. The van der Waals surface area contributed by atoms with Gasteiger partial charge < -0.3 is 4.42 Å². The average Bonchev–Trinajstić information content (AvgIpc) is 3.61. The number of para-hydroxylation sites is 1. The molecule has 0 spiro atoms. The van der Waals surface area contributed by atoms with Crippen molar-refractivity contribution in [3.63, 3.8) is 0 Å². The quantitative estimate of drug-likeness (QED) is 0.197. The van der Waals surface area contributed by atoms with Gasteiger partial charge in [0.2, 0.25) is 0 Å². The van der Waals surface area contributed by atoms with Crippen LogP contribution in [0.5, 0.6) is 0 Å². The maximum atomic E-state index is 9.58. The summed E-state index contributed by atoms with van der Waals surface area (Å²) in [4.78, 5) is 0. The Labute approximate surface area is 266 Å². The largest absolute Gasteiger partial charge is 0.456 e. The van der Waals surface area contributed by atoms with Gasteiger partial charge in [0.25, 0.3) is 0 Å². The Kier molecular flexibility index (Phi) is 3.29. The van der Waals surface area contributed by atoms with E-state index in [-0.39, 0.29) is 63.3 Å². The molecule has 0 amide bonds. The second-order valence-corrected chi connectivity index (χ2v) is 10.3. The first-order valence-electron chi connectivity index (χ1n) is 19.8. The summed E-state index contributed by atoms with van der Waals surface area (Å²) in [5.41, 5.74) is 2.25. The highest BCUT2D eigenvalue weighted by Crippen LogP contribution is 2.46. The standard InChI is InChI=1S/C42H26O/c1-2-12-27(13-3-1)37-26-30(24-28-14-4-5-15-31(28)37)42-35-19-8-6-17-33(35)41(34-18-7-9-20-36(34)42)29-22-23-40-38(25-29)32-16-10-11-21-39(32)43-40/h1-26H/i1D,2D,3D,10D,11D,12D,13D,16D,21D,22D,23D,25D. The smallest absolute Gasteiger partial charge is 0.135 e. The van der Waals surface area contributed by atoms with Gasteiger partial charge in [-0.3, -0.25) is 0 Å². The third-order valence-electron chi connectivity index (χ3n) is 7.99. The van der Waals surface area contributed by atoms with Crippen LogP contribution in [0.15, 0.2) is 162 Å². The monoisotopic (exact) mass is 558 g/mol. The second kappa shape index (κ2) is 9.44. The molecule has 0 atom stereocenters. The molecule has 8 aromatic carbocycles. The van der Waals surface area contributed by atoms with E-state index in [1.54, 1.807) is 0 Å². The Morgan fingerprint density at radius 3 is 1.72 bits per heavy atom. The van der Waals surface area contributed by atoms with Crippen molar-refractivity contribution in [3.05, 3.63) is 157 Å². The van der Waals surface area contributed by atoms with Gasteiger partial charge in [-0.15, -0.1) is 0 Å². The first-order chi connectivity index (χ1) is 26.3. The van der Waals surface area contributed by atoms with E-state index in [1.165, 1.54) is 0 Å². The highest BCUT2D eigenvalue weighted by atomic mass is 16.3. The number of fused-ring (bicyclic) bond motifs is 6. The molecule has 0 N–H and O–H groups in total. The lowest BCUT2D eigenvalue weighted by Crippen LogP contribution is -1.92. The van der Waals surface area contributed by atoms with E-state index >= 15 is 0 Å². The van der Waals surface area contributed by atoms with Crippen molar-refractivity contribution in [1.82, 2.24) is 0 Å². The van der Waals surface area contributed by atoms with Gasteiger partial charge in [-0.25, -0.2) is 0 Å². The number of rotatable bonds is 3. The van der Waals surface area contributed by atoms with Crippen LogP contribution in [0.1, 0.15) is 16.4 Å². The normalized spacial score (nSPS) is 15.6. The molecule has 0 radical (unpaired) electrons. The zero-order valence-corrected chi connectivity index (χ0v) is 22.5. The van der Waals surface area contributed by atoms with Crippen molar-refractivity contribution in [3.8, 4) is 33.4 Å². The van der Waals surface area contributed by atoms with Crippen LogP contribution in [0.2, 0.25) is 0 Å². The van der Waals surface area contributed by atoms with E-state index in [0.29, 0.717) is 32.8 Å². The van der Waals surface area contributed by atoms with E-state index in [1.807, 2.05) is 84.9 Å². The second-order valence-electron chi connectivity index (χ2n) is 10.3. The molecule has 0 unspecified atom stereocenters.